The van der Waals surface area contributed by atoms with Gasteiger partial charge in [-0.15, -0.1) is 0 Å². The number of aliphatic hydroxyl groups excluding tert-OH is 1. The van der Waals surface area contributed by atoms with E-state index in [9.17, 15) is 43.2 Å². The number of esters is 4. The van der Waals surface area contributed by atoms with E-state index in [1.54, 1.807) is 0 Å². The normalized spacial score (nSPS) is 13.9. The minimum atomic E-state index is -4.96. The van der Waals surface area contributed by atoms with Crippen LogP contribution in [0.25, 0.3) is 0 Å². The Morgan fingerprint density at radius 2 is 0.469 bits per heavy atom. The van der Waals surface area contributed by atoms with Crippen LogP contribution >= 0.6 is 15.6 Å². The van der Waals surface area contributed by atoms with Gasteiger partial charge < -0.3 is 33.8 Å². The summed E-state index contributed by atoms with van der Waals surface area (Å²) < 4.78 is 68.7. The van der Waals surface area contributed by atoms with E-state index in [0.717, 1.165) is 102 Å². The second-order valence-corrected chi connectivity index (χ2v) is 32.3. The molecule has 0 aromatic carbocycles. The minimum Gasteiger partial charge on any atom is -0.462 e. The molecule has 0 aliphatic rings. The number of carbonyl (C=O) groups excluding carboxylic acids is 4. The van der Waals surface area contributed by atoms with Crippen LogP contribution in [0, 0.1) is 11.8 Å². The number of hydrogen-bond acceptors (Lipinski definition) is 15. The number of aliphatic hydroxyl groups is 1. The van der Waals surface area contributed by atoms with Gasteiger partial charge in [0, 0.05) is 25.7 Å². The third kappa shape index (κ3) is 72.4. The number of unbranched alkanes of at least 4 members (excludes halogenated alkanes) is 48. The number of phosphoric ester groups is 2. The highest BCUT2D eigenvalue weighted by atomic mass is 31.2. The Morgan fingerprint density at radius 3 is 0.694 bits per heavy atom. The number of phosphoric acid groups is 2. The molecule has 0 amide bonds. The van der Waals surface area contributed by atoms with Crippen molar-refractivity contribution < 1.29 is 80.2 Å². The summed E-state index contributed by atoms with van der Waals surface area (Å²) in [6.07, 6.45) is 59.5. The van der Waals surface area contributed by atoms with Crippen LogP contribution in [0.5, 0.6) is 0 Å². The number of hydrogen-bond donors (Lipinski definition) is 3. The van der Waals surface area contributed by atoms with E-state index in [1.807, 2.05) is 0 Å². The molecular weight excluding hydrogens is 1280 g/mol. The maximum atomic E-state index is 13.1. The van der Waals surface area contributed by atoms with Crippen molar-refractivity contribution in [2.45, 2.75) is 432 Å². The number of carbonyl (C=O) groups is 4. The first-order valence-electron chi connectivity index (χ1n) is 41.0. The lowest BCUT2D eigenvalue weighted by Crippen LogP contribution is -2.30. The van der Waals surface area contributed by atoms with Crippen LogP contribution < -0.4 is 0 Å². The molecule has 0 saturated heterocycles. The summed E-state index contributed by atoms with van der Waals surface area (Å²) >= 11 is 0. The van der Waals surface area contributed by atoms with Crippen LogP contribution in [-0.4, -0.2) is 96.7 Å². The first-order chi connectivity index (χ1) is 47.4. The van der Waals surface area contributed by atoms with Gasteiger partial charge >= 0.3 is 39.5 Å². The van der Waals surface area contributed by atoms with Crippen LogP contribution in [0.15, 0.2) is 0 Å². The summed E-state index contributed by atoms with van der Waals surface area (Å²) in [7, 11) is -9.92. The van der Waals surface area contributed by atoms with E-state index in [1.165, 1.54) is 231 Å². The molecule has 19 heteroatoms. The van der Waals surface area contributed by atoms with Gasteiger partial charge in [0.2, 0.25) is 0 Å². The first-order valence-corrected chi connectivity index (χ1v) is 44.0. The topological polar surface area (TPSA) is 237 Å². The summed E-state index contributed by atoms with van der Waals surface area (Å²) in [6, 6.07) is 0. The summed E-state index contributed by atoms with van der Waals surface area (Å²) in [5.74, 6) is -0.578. The first kappa shape index (κ1) is 96.1. The van der Waals surface area contributed by atoms with E-state index >= 15 is 0 Å². The molecule has 0 aromatic rings. The molecule has 0 fully saturated rings. The third-order valence-electron chi connectivity index (χ3n) is 18.5. The zero-order valence-electron chi connectivity index (χ0n) is 64.1. The number of rotatable bonds is 78. The predicted octanol–water partition coefficient (Wildman–Crippen LogP) is 23.5. The van der Waals surface area contributed by atoms with Crippen LogP contribution in [0.2, 0.25) is 0 Å². The maximum absolute atomic E-state index is 13.1. The second kappa shape index (κ2) is 70.7. The Hall–Kier alpha value is -1.94. The van der Waals surface area contributed by atoms with Crippen molar-refractivity contribution in [2.24, 2.45) is 11.8 Å². The summed E-state index contributed by atoms with van der Waals surface area (Å²) in [5.41, 5.74) is 0. The van der Waals surface area contributed by atoms with Crippen molar-refractivity contribution >= 4 is 39.5 Å². The Kier molecular flexibility index (Phi) is 69.3. The highest BCUT2D eigenvalue weighted by molar-refractivity contribution is 7.47. The van der Waals surface area contributed by atoms with Crippen molar-refractivity contribution in [1.82, 2.24) is 0 Å². The third-order valence-corrected chi connectivity index (χ3v) is 20.4. The average molecular weight is 1440 g/mol. The fourth-order valence-electron chi connectivity index (χ4n) is 12.2. The van der Waals surface area contributed by atoms with Gasteiger partial charge in [-0.3, -0.25) is 37.3 Å². The molecule has 0 aliphatic heterocycles. The van der Waals surface area contributed by atoms with Crippen molar-refractivity contribution in [3.05, 3.63) is 0 Å². The largest absolute Gasteiger partial charge is 0.472 e. The molecule has 2 unspecified atom stereocenters. The molecule has 0 spiro atoms. The van der Waals surface area contributed by atoms with Crippen LogP contribution in [0.3, 0.4) is 0 Å². The second-order valence-electron chi connectivity index (χ2n) is 29.4. The average Bonchev–Trinajstić information content (AvgIpc) is 1.05. The van der Waals surface area contributed by atoms with Crippen molar-refractivity contribution in [1.29, 1.82) is 0 Å². The van der Waals surface area contributed by atoms with E-state index < -0.39 is 97.5 Å². The predicted molar refractivity (Wildman–Crippen MR) is 400 cm³/mol. The van der Waals surface area contributed by atoms with Gasteiger partial charge in [0.25, 0.3) is 0 Å². The van der Waals surface area contributed by atoms with E-state index in [0.29, 0.717) is 25.7 Å². The van der Waals surface area contributed by atoms with E-state index in [4.69, 9.17) is 37.0 Å². The van der Waals surface area contributed by atoms with Gasteiger partial charge in [-0.2, -0.15) is 0 Å². The lowest BCUT2D eigenvalue weighted by atomic mass is 10.0. The highest BCUT2D eigenvalue weighted by Gasteiger charge is 2.30. The van der Waals surface area contributed by atoms with Crippen molar-refractivity contribution in [2.75, 3.05) is 39.6 Å². The van der Waals surface area contributed by atoms with Crippen molar-refractivity contribution in [3.63, 3.8) is 0 Å². The molecule has 0 bridgehead atoms. The molecule has 98 heavy (non-hydrogen) atoms. The Bertz CT molecular complexity index is 1890. The zero-order chi connectivity index (χ0) is 72.1. The highest BCUT2D eigenvalue weighted by Crippen LogP contribution is 2.45. The quantitative estimate of drug-likeness (QED) is 0.0222. The van der Waals surface area contributed by atoms with E-state index in [2.05, 4.69) is 41.5 Å². The molecule has 0 aliphatic carbocycles. The molecule has 17 nitrogen and oxygen atoms in total. The van der Waals surface area contributed by atoms with Gasteiger partial charge in [-0.05, 0) is 37.5 Å². The minimum absolute atomic E-state index is 0.108. The number of ether oxygens (including phenoxy) is 4. The molecule has 0 aromatic heterocycles. The fraction of sp³-hybridized carbons (Fsp3) is 0.949. The molecule has 0 heterocycles. The smallest absolute Gasteiger partial charge is 0.462 e. The molecule has 0 radical (unpaired) electrons. The molecular formula is C79H154O17P2. The Balaban J connectivity index is 5.27. The summed E-state index contributed by atoms with van der Waals surface area (Å²) in [5, 5.41) is 10.6. The van der Waals surface area contributed by atoms with Crippen LogP contribution in [0.4, 0.5) is 0 Å². The molecule has 582 valence electrons. The molecule has 3 N–H and O–H groups in total. The van der Waals surface area contributed by atoms with Gasteiger partial charge in [0.1, 0.15) is 19.3 Å². The standard InChI is InChI=1S/C79H154O17P2/c1-7-9-11-13-15-17-19-21-23-27-31-37-43-49-55-61-76(81)89-67-74(95-79(84)64-58-52-46-39-33-29-25-26-30-35-41-47-53-59-71(3)4)69-93-97(85,86)91-65-73(80)66-92-98(87,88)94-70-75(68-90-77(82)62-56-50-44-40-34-36-42-48-54-60-72(5)6)96-78(83)63-57-51-45-38-32-28-24-22-20-18-16-14-12-10-8-2/h71-75,80H,7-70H2,1-6H3,(H,85,86)(H,87,88)/t73-,74-,75-/m1/s1. The molecule has 0 saturated carbocycles. The fourth-order valence-corrected chi connectivity index (χ4v) is 13.8. The monoisotopic (exact) mass is 1440 g/mol. The Labute approximate surface area is 600 Å². The zero-order valence-corrected chi connectivity index (χ0v) is 65.9. The van der Waals surface area contributed by atoms with Gasteiger partial charge in [-0.25, -0.2) is 9.13 Å². The maximum Gasteiger partial charge on any atom is 0.472 e. The van der Waals surface area contributed by atoms with Crippen molar-refractivity contribution in [3.8, 4) is 0 Å². The Morgan fingerprint density at radius 1 is 0.276 bits per heavy atom. The van der Waals surface area contributed by atoms with Gasteiger partial charge in [0.15, 0.2) is 12.2 Å². The lowest BCUT2D eigenvalue weighted by molar-refractivity contribution is -0.161. The lowest BCUT2D eigenvalue weighted by Gasteiger charge is -2.21. The SMILES string of the molecule is CCCCCCCCCCCCCCCCCC(=O)OC[C@H](COP(=O)(O)OC[C@@H](O)COP(=O)(O)OC[C@@H](COC(=O)CCCCCCCCCCCC(C)C)OC(=O)CCCCCCCCCCCCCCCCC)OC(=O)CCCCCCCCCCCCCCCC(C)C. The van der Waals surface area contributed by atoms with Gasteiger partial charge in [0.05, 0.1) is 26.4 Å². The molecule has 5 atom stereocenters. The molecule has 0 rings (SSSR count). The van der Waals surface area contributed by atoms with Crippen LogP contribution in [-0.2, 0) is 65.4 Å². The van der Waals surface area contributed by atoms with E-state index in [-0.39, 0.29) is 25.7 Å². The van der Waals surface area contributed by atoms with Gasteiger partial charge in [-0.1, -0.05) is 363 Å². The summed E-state index contributed by atoms with van der Waals surface area (Å²) in [6.45, 7) is 9.63. The van der Waals surface area contributed by atoms with Crippen LogP contribution in [0.1, 0.15) is 414 Å². The summed E-state index contributed by atoms with van der Waals surface area (Å²) in [4.78, 5) is 73.0.